The van der Waals surface area contributed by atoms with Crippen LogP contribution in [0.4, 0.5) is 0 Å². The lowest BCUT2D eigenvalue weighted by atomic mass is 9.90. The van der Waals surface area contributed by atoms with Crippen LogP contribution in [0.3, 0.4) is 0 Å². The Morgan fingerprint density at radius 2 is 1.82 bits per heavy atom. The number of esters is 1. The molecule has 8 heteroatoms. The van der Waals surface area contributed by atoms with Crippen LogP contribution in [0.5, 0.6) is 11.5 Å². The van der Waals surface area contributed by atoms with Gasteiger partial charge in [0.15, 0.2) is 11.5 Å². The average molecular weight is 388 g/mol. The molecule has 0 aromatic heterocycles. The molecule has 1 aromatic rings. The molecule has 3 rings (SSSR count). The van der Waals surface area contributed by atoms with Gasteiger partial charge in [0.25, 0.3) is 11.8 Å². The smallest absolute Gasteiger partial charge is 0.307 e. The Bertz CT molecular complexity index is 847. The summed E-state index contributed by atoms with van der Waals surface area (Å²) in [6, 6.07) is 4.09. The van der Waals surface area contributed by atoms with Crippen molar-refractivity contribution in [2.75, 3.05) is 21.3 Å². The van der Waals surface area contributed by atoms with Crippen LogP contribution in [-0.2, 0) is 19.1 Å². The van der Waals surface area contributed by atoms with Crippen LogP contribution in [0.2, 0.25) is 0 Å². The number of hydrogen-bond acceptors (Lipinski definition) is 7. The van der Waals surface area contributed by atoms with Crippen molar-refractivity contribution in [3.05, 3.63) is 34.9 Å². The third-order valence-electron chi connectivity index (χ3n) is 5.24. The number of carbonyl (C=O) groups excluding carboxylic acids is 3. The number of rotatable bonds is 6. The van der Waals surface area contributed by atoms with E-state index in [0.717, 1.165) is 4.90 Å². The molecule has 8 nitrogen and oxygen atoms in total. The van der Waals surface area contributed by atoms with Gasteiger partial charge in [0.2, 0.25) is 0 Å². The molecule has 0 saturated heterocycles. The Labute approximate surface area is 163 Å². The van der Waals surface area contributed by atoms with Crippen LogP contribution >= 0.6 is 0 Å². The van der Waals surface area contributed by atoms with Gasteiger partial charge in [-0.3, -0.25) is 19.3 Å². The van der Waals surface area contributed by atoms with Crippen LogP contribution < -0.4 is 15.2 Å². The van der Waals surface area contributed by atoms with Crippen molar-refractivity contribution in [3.8, 4) is 11.5 Å². The summed E-state index contributed by atoms with van der Waals surface area (Å²) in [6.07, 6.45) is 1.33. The predicted molar refractivity (Wildman–Crippen MR) is 99.6 cm³/mol. The van der Waals surface area contributed by atoms with Crippen LogP contribution in [0, 0.1) is 0 Å². The predicted octanol–water partition coefficient (Wildman–Crippen LogP) is 1.48. The second-order valence-corrected chi connectivity index (χ2v) is 6.85. The molecular formula is C20H24N2O6. The van der Waals surface area contributed by atoms with E-state index in [9.17, 15) is 14.4 Å². The summed E-state index contributed by atoms with van der Waals surface area (Å²) in [5, 5.41) is 0. The fraction of sp³-hybridized carbons (Fsp3) is 0.450. The molecule has 2 aliphatic rings. The Balaban J connectivity index is 2.01. The number of methoxy groups -OCH3 is 3. The van der Waals surface area contributed by atoms with Crippen molar-refractivity contribution in [2.45, 2.75) is 37.8 Å². The van der Waals surface area contributed by atoms with Gasteiger partial charge in [-0.05, 0) is 37.0 Å². The van der Waals surface area contributed by atoms with E-state index in [4.69, 9.17) is 19.9 Å². The zero-order chi connectivity index (χ0) is 20.4. The lowest BCUT2D eigenvalue weighted by molar-refractivity contribution is -0.146. The normalized spacial score (nSPS) is 20.1. The summed E-state index contributed by atoms with van der Waals surface area (Å²) in [5.74, 6) is -0.337. The van der Waals surface area contributed by atoms with E-state index in [0.29, 0.717) is 47.5 Å². The van der Waals surface area contributed by atoms with E-state index in [1.807, 2.05) is 0 Å². The standard InChI is InChI=1S/C20H24N2O6/c1-26-16-7-4-11(8-17(16)27-2)15(10-18(23)28-3)22-19(24)13-6-5-12(21)9-14(13)20(22)25/h4,7-8,12,15H,5-6,9-10,21H2,1-3H3. The fourth-order valence-corrected chi connectivity index (χ4v) is 3.75. The molecular weight excluding hydrogens is 364 g/mol. The molecule has 150 valence electrons. The van der Waals surface area contributed by atoms with Gasteiger partial charge in [0.05, 0.1) is 33.8 Å². The third-order valence-corrected chi connectivity index (χ3v) is 5.24. The molecule has 0 bridgehead atoms. The van der Waals surface area contributed by atoms with Crippen molar-refractivity contribution in [2.24, 2.45) is 5.73 Å². The Kier molecular flexibility index (Phi) is 5.69. The zero-order valence-corrected chi connectivity index (χ0v) is 16.2. The average Bonchev–Trinajstić information content (AvgIpc) is 2.95. The summed E-state index contributed by atoms with van der Waals surface area (Å²) < 4.78 is 15.4. The van der Waals surface area contributed by atoms with Gasteiger partial charge >= 0.3 is 5.97 Å². The quantitative estimate of drug-likeness (QED) is 0.581. The highest BCUT2D eigenvalue weighted by Crippen LogP contribution is 2.40. The van der Waals surface area contributed by atoms with Gasteiger partial charge < -0.3 is 19.9 Å². The Hall–Kier alpha value is -2.87. The summed E-state index contributed by atoms with van der Waals surface area (Å²) in [6.45, 7) is 0. The van der Waals surface area contributed by atoms with Crippen LogP contribution in [0.25, 0.3) is 0 Å². The maximum absolute atomic E-state index is 13.0. The molecule has 1 aliphatic heterocycles. The molecule has 1 aliphatic carbocycles. The summed E-state index contributed by atoms with van der Waals surface area (Å²) in [7, 11) is 4.27. The number of nitrogens with zero attached hydrogens (tertiary/aromatic N) is 1. The summed E-state index contributed by atoms with van der Waals surface area (Å²) in [5.41, 5.74) is 7.52. The number of hydrogen-bond donors (Lipinski definition) is 1. The fourth-order valence-electron chi connectivity index (χ4n) is 3.75. The number of nitrogens with two attached hydrogens (primary N) is 1. The SMILES string of the molecule is COC(=O)CC(c1ccc(OC)c(OC)c1)N1C(=O)C2=C(CC(N)CC2)C1=O. The lowest BCUT2D eigenvalue weighted by Crippen LogP contribution is -2.37. The van der Waals surface area contributed by atoms with Gasteiger partial charge in [-0.15, -0.1) is 0 Å². The molecule has 2 atom stereocenters. The second kappa shape index (κ2) is 8.02. The molecule has 2 N–H and O–H groups in total. The molecule has 1 aromatic carbocycles. The Morgan fingerprint density at radius 1 is 1.14 bits per heavy atom. The highest BCUT2D eigenvalue weighted by atomic mass is 16.5. The first-order valence-corrected chi connectivity index (χ1v) is 9.05. The minimum atomic E-state index is -0.811. The van der Waals surface area contributed by atoms with Crippen LogP contribution in [0.1, 0.15) is 37.3 Å². The minimum absolute atomic E-state index is 0.143. The lowest BCUT2D eigenvalue weighted by Gasteiger charge is -2.27. The van der Waals surface area contributed by atoms with E-state index in [2.05, 4.69) is 0 Å². The monoisotopic (exact) mass is 388 g/mol. The van der Waals surface area contributed by atoms with Gasteiger partial charge in [0, 0.05) is 17.2 Å². The number of benzene rings is 1. The first-order valence-electron chi connectivity index (χ1n) is 9.05. The largest absolute Gasteiger partial charge is 0.493 e. The first-order chi connectivity index (χ1) is 13.4. The van der Waals surface area contributed by atoms with E-state index in [-0.39, 0.29) is 24.3 Å². The molecule has 2 unspecified atom stereocenters. The second-order valence-electron chi connectivity index (χ2n) is 6.85. The molecule has 28 heavy (non-hydrogen) atoms. The summed E-state index contributed by atoms with van der Waals surface area (Å²) >= 11 is 0. The van der Waals surface area contributed by atoms with Crippen molar-refractivity contribution in [3.63, 3.8) is 0 Å². The number of ether oxygens (including phenoxy) is 3. The maximum atomic E-state index is 13.0. The molecule has 2 amide bonds. The van der Waals surface area contributed by atoms with Gasteiger partial charge in [-0.25, -0.2) is 0 Å². The topological polar surface area (TPSA) is 108 Å². The van der Waals surface area contributed by atoms with Gasteiger partial charge in [0.1, 0.15) is 0 Å². The molecule has 1 heterocycles. The maximum Gasteiger partial charge on any atom is 0.307 e. The Morgan fingerprint density at radius 3 is 2.46 bits per heavy atom. The number of imide groups is 1. The number of amides is 2. The first kappa shape index (κ1) is 19.9. The van der Waals surface area contributed by atoms with Crippen LogP contribution in [-0.4, -0.2) is 50.1 Å². The highest BCUT2D eigenvalue weighted by molar-refractivity contribution is 6.20. The van der Waals surface area contributed by atoms with Crippen molar-refractivity contribution < 1.29 is 28.6 Å². The van der Waals surface area contributed by atoms with E-state index in [1.54, 1.807) is 18.2 Å². The van der Waals surface area contributed by atoms with Crippen molar-refractivity contribution >= 4 is 17.8 Å². The molecule has 0 spiro atoms. The molecule has 0 radical (unpaired) electrons. The summed E-state index contributed by atoms with van der Waals surface area (Å²) in [4.78, 5) is 39.3. The highest BCUT2D eigenvalue weighted by Gasteiger charge is 2.44. The molecule has 0 saturated carbocycles. The third kappa shape index (κ3) is 3.47. The molecule has 0 fully saturated rings. The van der Waals surface area contributed by atoms with Gasteiger partial charge in [-0.2, -0.15) is 0 Å². The van der Waals surface area contributed by atoms with Crippen molar-refractivity contribution in [1.82, 2.24) is 4.90 Å². The van der Waals surface area contributed by atoms with Crippen LogP contribution in [0.15, 0.2) is 29.3 Å². The zero-order valence-electron chi connectivity index (χ0n) is 16.2. The van der Waals surface area contributed by atoms with Crippen molar-refractivity contribution in [1.29, 1.82) is 0 Å². The van der Waals surface area contributed by atoms with E-state index < -0.39 is 12.0 Å². The van der Waals surface area contributed by atoms with Gasteiger partial charge in [-0.1, -0.05) is 6.07 Å². The van der Waals surface area contributed by atoms with E-state index >= 15 is 0 Å². The number of carbonyl (C=O) groups is 3. The minimum Gasteiger partial charge on any atom is -0.493 e. The van der Waals surface area contributed by atoms with E-state index in [1.165, 1.54) is 21.3 Å².